The normalized spacial score (nSPS) is 10.6. The molecule has 0 aliphatic carbocycles. The number of ether oxygens (including phenoxy) is 1. The van der Waals surface area contributed by atoms with Crippen LogP contribution in [0, 0.1) is 18.3 Å². The molecule has 0 saturated heterocycles. The Balaban J connectivity index is 2.18. The first-order chi connectivity index (χ1) is 11.5. The Labute approximate surface area is 140 Å². The highest BCUT2D eigenvalue weighted by Gasteiger charge is 2.12. The van der Waals surface area contributed by atoms with E-state index in [-0.39, 0.29) is 11.3 Å². The standard InChI is InChI=1S/C18H17N3O3/c1-12-7-8-17(24-2)15(9-12)21-18(23)13(10-19)11-20-14-5-3-4-6-16(14)22/h3-9,11,20,22H,1-2H3,(H,21,23)/b13-11-. The number of aromatic hydroxyl groups is 1. The average molecular weight is 323 g/mol. The monoisotopic (exact) mass is 323 g/mol. The number of hydrogen-bond donors (Lipinski definition) is 3. The van der Waals surface area contributed by atoms with Crippen molar-refractivity contribution in [1.82, 2.24) is 0 Å². The quantitative estimate of drug-likeness (QED) is 0.446. The van der Waals surface area contributed by atoms with E-state index in [1.165, 1.54) is 19.4 Å². The topological polar surface area (TPSA) is 94.4 Å². The molecule has 1 amide bonds. The average Bonchev–Trinajstić information content (AvgIpc) is 2.57. The van der Waals surface area contributed by atoms with Gasteiger partial charge in [0.25, 0.3) is 5.91 Å². The van der Waals surface area contributed by atoms with E-state index in [9.17, 15) is 15.2 Å². The summed E-state index contributed by atoms with van der Waals surface area (Å²) in [7, 11) is 1.50. The lowest BCUT2D eigenvalue weighted by molar-refractivity contribution is -0.112. The highest BCUT2D eigenvalue weighted by molar-refractivity contribution is 6.07. The molecule has 6 nitrogen and oxygen atoms in total. The van der Waals surface area contributed by atoms with E-state index >= 15 is 0 Å². The van der Waals surface area contributed by atoms with Gasteiger partial charge in [-0.3, -0.25) is 4.79 Å². The molecule has 2 aromatic rings. The Hall–Kier alpha value is -3.46. The zero-order chi connectivity index (χ0) is 17.5. The predicted molar refractivity (Wildman–Crippen MR) is 91.8 cm³/mol. The van der Waals surface area contributed by atoms with Crippen molar-refractivity contribution in [3.05, 3.63) is 59.8 Å². The highest BCUT2D eigenvalue weighted by Crippen LogP contribution is 2.26. The molecule has 0 unspecified atom stereocenters. The van der Waals surface area contributed by atoms with Crippen LogP contribution in [0.5, 0.6) is 11.5 Å². The predicted octanol–water partition coefficient (Wildman–Crippen LogP) is 3.17. The van der Waals surface area contributed by atoms with E-state index in [4.69, 9.17) is 4.74 Å². The molecule has 2 aromatic carbocycles. The van der Waals surface area contributed by atoms with Crippen LogP contribution < -0.4 is 15.4 Å². The van der Waals surface area contributed by atoms with E-state index in [1.54, 1.807) is 30.3 Å². The molecule has 0 aliphatic rings. The Morgan fingerprint density at radius 1 is 1.25 bits per heavy atom. The minimum absolute atomic E-state index is 0.0202. The van der Waals surface area contributed by atoms with Gasteiger partial charge < -0.3 is 20.5 Å². The molecule has 0 aliphatic heterocycles. The number of anilines is 2. The fraction of sp³-hybridized carbons (Fsp3) is 0.111. The van der Waals surface area contributed by atoms with Crippen LogP contribution in [0.4, 0.5) is 11.4 Å². The number of benzene rings is 2. The van der Waals surface area contributed by atoms with Crippen molar-refractivity contribution in [3.63, 3.8) is 0 Å². The van der Waals surface area contributed by atoms with Crippen LogP contribution in [0.15, 0.2) is 54.2 Å². The third-order valence-corrected chi connectivity index (χ3v) is 3.24. The largest absolute Gasteiger partial charge is 0.506 e. The molecule has 0 fully saturated rings. The summed E-state index contributed by atoms with van der Waals surface area (Å²) < 4.78 is 5.19. The summed E-state index contributed by atoms with van der Waals surface area (Å²) in [6, 6.07) is 13.7. The van der Waals surface area contributed by atoms with Gasteiger partial charge in [0, 0.05) is 6.20 Å². The van der Waals surface area contributed by atoms with Crippen LogP contribution >= 0.6 is 0 Å². The van der Waals surface area contributed by atoms with Crippen LogP contribution in [0.3, 0.4) is 0 Å². The zero-order valence-electron chi connectivity index (χ0n) is 13.3. The maximum absolute atomic E-state index is 12.3. The Morgan fingerprint density at radius 3 is 2.67 bits per heavy atom. The Morgan fingerprint density at radius 2 is 2.00 bits per heavy atom. The van der Waals surface area contributed by atoms with E-state index in [2.05, 4.69) is 10.6 Å². The van der Waals surface area contributed by atoms with Crippen LogP contribution in [0.1, 0.15) is 5.56 Å². The molecular formula is C18H17N3O3. The first-order valence-corrected chi connectivity index (χ1v) is 7.16. The number of nitrogens with one attached hydrogen (secondary N) is 2. The van der Waals surface area contributed by atoms with Crippen LogP contribution in [-0.4, -0.2) is 18.1 Å². The van der Waals surface area contributed by atoms with Crippen molar-refractivity contribution in [2.45, 2.75) is 6.92 Å². The van der Waals surface area contributed by atoms with Gasteiger partial charge in [-0.2, -0.15) is 5.26 Å². The second-order valence-corrected chi connectivity index (χ2v) is 4.99. The first-order valence-electron chi connectivity index (χ1n) is 7.16. The molecule has 122 valence electrons. The number of amides is 1. The first kappa shape index (κ1) is 16.9. The second-order valence-electron chi connectivity index (χ2n) is 4.99. The van der Waals surface area contributed by atoms with Gasteiger partial charge in [0.1, 0.15) is 23.1 Å². The summed E-state index contributed by atoms with van der Waals surface area (Å²) in [4.78, 5) is 12.3. The van der Waals surface area contributed by atoms with Crippen molar-refractivity contribution < 1.29 is 14.6 Å². The Bertz CT molecular complexity index is 822. The minimum atomic E-state index is -0.579. The summed E-state index contributed by atoms with van der Waals surface area (Å²) in [5.74, 6) is -0.0592. The van der Waals surface area contributed by atoms with Gasteiger partial charge in [0.2, 0.25) is 0 Å². The molecule has 0 bridgehead atoms. The lowest BCUT2D eigenvalue weighted by Crippen LogP contribution is -2.15. The van der Waals surface area contributed by atoms with Crippen molar-refractivity contribution in [2.75, 3.05) is 17.7 Å². The number of hydrogen-bond acceptors (Lipinski definition) is 5. The molecule has 3 N–H and O–H groups in total. The molecule has 0 aromatic heterocycles. The molecule has 0 heterocycles. The number of carbonyl (C=O) groups is 1. The number of aryl methyl sites for hydroxylation is 1. The number of para-hydroxylation sites is 2. The third-order valence-electron chi connectivity index (χ3n) is 3.24. The van der Waals surface area contributed by atoms with Gasteiger partial charge in [-0.25, -0.2) is 0 Å². The summed E-state index contributed by atoms with van der Waals surface area (Å²) in [5, 5.41) is 24.3. The highest BCUT2D eigenvalue weighted by atomic mass is 16.5. The number of nitrogens with zero attached hydrogens (tertiary/aromatic N) is 1. The molecular weight excluding hydrogens is 306 g/mol. The number of rotatable bonds is 5. The molecule has 2 rings (SSSR count). The number of phenols is 1. The zero-order valence-corrected chi connectivity index (χ0v) is 13.3. The molecule has 6 heteroatoms. The van der Waals surface area contributed by atoms with Gasteiger partial charge in [0.05, 0.1) is 18.5 Å². The smallest absolute Gasteiger partial charge is 0.267 e. The van der Waals surface area contributed by atoms with Crippen molar-refractivity contribution in [1.29, 1.82) is 5.26 Å². The second kappa shape index (κ2) is 7.70. The SMILES string of the molecule is COc1ccc(C)cc1NC(=O)/C(C#N)=C\Nc1ccccc1O. The molecule has 0 radical (unpaired) electrons. The lowest BCUT2D eigenvalue weighted by atomic mass is 10.2. The van der Waals surface area contributed by atoms with Gasteiger partial charge in [0.15, 0.2) is 0 Å². The van der Waals surface area contributed by atoms with E-state index < -0.39 is 5.91 Å². The van der Waals surface area contributed by atoms with Crippen LogP contribution in [0.2, 0.25) is 0 Å². The number of nitriles is 1. The minimum Gasteiger partial charge on any atom is -0.506 e. The molecule has 0 atom stereocenters. The van der Waals surface area contributed by atoms with Crippen LogP contribution in [-0.2, 0) is 4.79 Å². The van der Waals surface area contributed by atoms with E-state index in [0.717, 1.165) is 5.56 Å². The fourth-order valence-electron chi connectivity index (χ4n) is 2.00. The van der Waals surface area contributed by atoms with Crippen molar-refractivity contribution >= 4 is 17.3 Å². The number of methoxy groups -OCH3 is 1. The van der Waals surface area contributed by atoms with Crippen molar-refractivity contribution in [2.24, 2.45) is 0 Å². The summed E-state index contributed by atoms with van der Waals surface area (Å²) in [6.45, 7) is 1.88. The maximum Gasteiger partial charge on any atom is 0.267 e. The van der Waals surface area contributed by atoms with Gasteiger partial charge in [-0.15, -0.1) is 0 Å². The molecule has 0 spiro atoms. The lowest BCUT2D eigenvalue weighted by Gasteiger charge is -2.11. The van der Waals surface area contributed by atoms with Gasteiger partial charge in [-0.05, 0) is 36.8 Å². The summed E-state index contributed by atoms with van der Waals surface area (Å²) in [5.41, 5.74) is 1.68. The van der Waals surface area contributed by atoms with Crippen LogP contribution in [0.25, 0.3) is 0 Å². The maximum atomic E-state index is 12.3. The number of carbonyl (C=O) groups excluding carboxylic acids is 1. The molecule has 24 heavy (non-hydrogen) atoms. The number of phenolic OH excluding ortho intramolecular Hbond substituents is 1. The third kappa shape index (κ3) is 4.05. The Kier molecular flexibility index (Phi) is 5.42. The summed E-state index contributed by atoms with van der Waals surface area (Å²) >= 11 is 0. The van der Waals surface area contributed by atoms with Crippen molar-refractivity contribution in [3.8, 4) is 17.6 Å². The summed E-state index contributed by atoms with van der Waals surface area (Å²) in [6.07, 6.45) is 1.24. The molecule has 0 saturated carbocycles. The van der Waals surface area contributed by atoms with Gasteiger partial charge >= 0.3 is 0 Å². The fourth-order valence-corrected chi connectivity index (χ4v) is 2.00. The van der Waals surface area contributed by atoms with E-state index in [0.29, 0.717) is 17.1 Å². The van der Waals surface area contributed by atoms with Gasteiger partial charge in [-0.1, -0.05) is 18.2 Å². The van der Waals surface area contributed by atoms with E-state index in [1.807, 2.05) is 19.1 Å².